The summed E-state index contributed by atoms with van der Waals surface area (Å²) in [5.41, 5.74) is 8.83. The molecule has 0 saturated heterocycles. The SMILES string of the molecule is CCCCCCC(C)Nc1c(N)cnc2ccccc12. The summed E-state index contributed by atoms with van der Waals surface area (Å²) >= 11 is 0. The summed E-state index contributed by atoms with van der Waals surface area (Å²) in [5.74, 6) is 0. The second-order valence-corrected chi connectivity index (χ2v) is 5.50. The van der Waals surface area contributed by atoms with E-state index in [2.05, 4.69) is 30.2 Å². The van der Waals surface area contributed by atoms with Crippen molar-refractivity contribution in [3.63, 3.8) is 0 Å². The fourth-order valence-corrected chi connectivity index (χ4v) is 2.51. The fraction of sp³-hybridized carbons (Fsp3) is 0.471. The van der Waals surface area contributed by atoms with Crippen molar-refractivity contribution in [2.24, 2.45) is 0 Å². The third kappa shape index (κ3) is 3.62. The molecule has 0 aliphatic rings. The van der Waals surface area contributed by atoms with Gasteiger partial charge in [0.15, 0.2) is 0 Å². The number of nitrogens with zero attached hydrogens (tertiary/aromatic N) is 1. The standard InChI is InChI=1S/C17H25N3/c1-3-4-5-6-9-13(2)20-17-14-10-7-8-11-16(14)19-12-15(17)18/h7-8,10-13H,3-6,9,18H2,1-2H3,(H,19,20). The molecule has 0 amide bonds. The molecule has 1 aromatic carbocycles. The zero-order valence-corrected chi connectivity index (χ0v) is 12.5. The maximum atomic E-state index is 6.09. The molecule has 0 bridgehead atoms. The van der Waals surface area contributed by atoms with Gasteiger partial charge in [-0.25, -0.2) is 0 Å². The lowest BCUT2D eigenvalue weighted by Gasteiger charge is -2.18. The van der Waals surface area contributed by atoms with Crippen molar-refractivity contribution in [3.8, 4) is 0 Å². The molecular weight excluding hydrogens is 246 g/mol. The Hall–Kier alpha value is -1.77. The predicted molar refractivity (Wildman–Crippen MR) is 88.0 cm³/mol. The largest absolute Gasteiger partial charge is 0.396 e. The molecule has 0 aliphatic carbocycles. The highest BCUT2D eigenvalue weighted by atomic mass is 14.9. The smallest absolute Gasteiger partial charge is 0.0743 e. The van der Waals surface area contributed by atoms with Gasteiger partial charge in [0.2, 0.25) is 0 Å². The molecule has 0 spiro atoms. The van der Waals surface area contributed by atoms with Gasteiger partial charge in [0, 0.05) is 11.4 Å². The molecule has 3 heteroatoms. The van der Waals surface area contributed by atoms with E-state index >= 15 is 0 Å². The number of benzene rings is 1. The number of pyridine rings is 1. The van der Waals surface area contributed by atoms with Gasteiger partial charge < -0.3 is 11.1 Å². The summed E-state index contributed by atoms with van der Waals surface area (Å²) < 4.78 is 0. The number of nitrogens with one attached hydrogen (secondary N) is 1. The molecule has 20 heavy (non-hydrogen) atoms. The highest BCUT2D eigenvalue weighted by Gasteiger charge is 2.09. The number of rotatable bonds is 7. The molecule has 0 saturated carbocycles. The number of hydrogen-bond acceptors (Lipinski definition) is 3. The highest BCUT2D eigenvalue weighted by molar-refractivity contribution is 5.96. The van der Waals surface area contributed by atoms with E-state index in [1.54, 1.807) is 6.20 Å². The van der Waals surface area contributed by atoms with Gasteiger partial charge in [0.05, 0.1) is 23.1 Å². The van der Waals surface area contributed by atoms with Gasteiger partial charge in [-0.3, -0.25) is 4.98 Å². The third-order valence-electron chi connectivity index (χ3n) is 3.69. The number of para-hydroxylation sites is 1. The third-order valence-corrected chi connectivity index (χ3v) is 3.69. The van der Waals surface area contributed by atoms with Crippen molar-refractivity contribution in [2.75, 3.05) is 11.1 Å². The number of fused-ring (bicyclic) bond motifs is 1. The summed E-state index contributed by atoms with van der Waals surface area (Å²) in [6.07, 6.45) is 8.11. The van der Waals surface area contributed by atoms with E-state index in [9.17, 15) is 0 Å². The topological polar surface area (TPSA) is 50.9 Å². The second kappa shape index (κ2) is 7.13. The number of anilines is 2. The Bertz CT molecular complexity index is 551. The average molecular weight is 271 g/mol. The van der Waals surface area contributed by atoms with Crippen LogP contribution in [0.2, 0.25) is 0 Å². The minimum absolute atomic E-state index is 0.431. The molecule has 2 rings (SSSR count). The van der Waals surface area contributed by atoms with Crippen LogP contribution in [0.1, 0.15) is 46.0 Å². The maximum Gasteiger partial charge on any atom is 0.0743 e. The highest BCUT2D eigenvalue weighted by Crippen LogP contribution is 2.28. The average Bonchev–Trinajstić information content (AvgIpc) is 2.47. The van der Waals surface area contributed by atoms with E-state index in [0.717, 1.165) is 22.3 Å². The summed E-state index contributed by atoms with van der Waals surface area (Å²) in [6.45, 7) is 4.46. The summed E-state index contributed by atoms with van der Waals surface area (Å²) in [7, 11) is 0. The Kier molecular flexibility index (Phi) is 5.22. The molecule has 108 valence electrons. The minimum Gasteiger partial charge on any atom is -0.396 e. The minimum atomic E-state index is 0.431. The van der Waals surface area contributed by atoms with Crippen LogP contribution in [0.25, 0.3) is 10.9 Å². The number of nitrogens with two attached hydrogens (primary N) is 1. The quantitative estimate of drug-likeness (QED) is 0.724. The van der Waals surface area contributed by atoms with Crippen molar-refractivity contribution in [2.45, 2.75) is 52.0 Å². The summed E-state index contributed by atoms with van der Waals surface area (Å²) in [6, 6.07) is 8.56. The Morgan fingerprint density at radius 2 is 2.00 bits per heavy atom. The van der Waals surface area contributed by atoms with Crippen LogP contribution in [0, 0.1) is 0 Å². The monoisotopic (exact) mass is 271 g/mol. The molecule has 1 unspecified atom stereocenters. The van der Waals surface area contributed by atoms with E-state index in [4.69, 9.17) is 5.73 Å². The molecule has 0 fully saturated rings. The van der Waals surface area contributed by atoms with Crippen LogP contribution in [0.3, 0.4) is 0 Å². The molecule has 1 atom stereocenters. The van der Waals surface area contributed by atoms with Crippen molar-refractivity contribution < 1.29 is 0 Å². The van der Waals surface area contributed by atoms with E-state index in [0.29, 0.717) is 6.04 Å². The van der Waals surface area contributed by atoms with Crippen molar-refractivity contribution >= 4 is 22.3 Å². The van der Waals surface area contributed by atoms with E-state index < -0.39 is 0 Å². The molecular formula is C17H25N3. The van der Waals surface area contributed by atoms with Gasteiger partial charge >= 0.3 is 0 Å². The van der Waals surface area contributed by atoms with E-state index in [-0.39, 0.29) is 0 Å². The molecule has 2 aromatic rings. The van der Waals surface area contributed by atoms with Gasteiger partial charge in [-0.1, -0.05) is 50.8 Å². The van der Waals surface area contributed by atoms with Crippen LogP contribution in [0.5, 0.6) is 0 Å². The van der Waals surface area contributed by atoms with Crippen LogP contribution < -0.4 is 11.1 Å². The Morgan fingerprint density at radius 1 is 1.20 bits per heavy atom. The zero-order valence-electron chi connectivity index (χ0n) is 12.5. The summed E-state index contributed by atoms with van der Waals surface area (Å²) in [4.78, 5) is 4.37. The molecule has 0 aliphatic heterocycles. The molecule has 0 radical (unpaired) electrons. The van der Waals surface area contributed by atoms with Gasteiger partial charge in [0.25, 0.3) is 0 Å². The van der Waals surface area contributed by atoms with Crippen LogP contribution in [0.15, 0.2) is 30.5 Å². The van der Waals surface area contributed by atoms with Gasteiger partial charge in [0.1, 0.15) is 0 Å². The first-order chi connectivity index (χ1) is 9.72. The molecule has 1 heterocycles. The first kappa shape index (κ1) is 14.6. The Morgan fingerprint density at radius 3 is 2.80 bits per heavy atom. The molecule has 3 nitrogen and oxygen atoms in total. The van der Waals surface area contributed by atoms with Crippen molar-refractivity contribution in [3.05, 3.63) is 30.5 Å². The number of aromatic nitrogens is 1. The first-order valence-corrected chi connectivity index (χ1v) is 7.62. The lowest BCUT2D eigenvalue weighted by atomic mass is 10.1. The predicted octanol–water partition coefficient (Wildman–Crippen LogP) is 4.59. The number of hydrogen-bond donors (Lipinski definition) is 2. The van der Waals surface area contributed by atoms with E-state index in [1.807, 2.05) is 18.2 Å². The lowest BCUT2D eigenvalue weighted by molar-refractivity contribution is 0.594. The maximum absolute atomic E-state index is 6.09. The molecule has 1 aromatic heterocycles. The Balaban J connectivity index is 2.06. The summed E-state index contributed by atoms with van der Waals surface area (Å²) in [5, 5.41) is 4.67. The van der Waals surface area contributed by atoms with Crippen LogP contribution in [-0.4, -0.2) is 11.0 Å². The van der Waals surface area contributed by atoms with Crippen molar-refractivity contribution in [1.82, 2.24) is 4.98 Å². The van der Waals surface area contributed by atoms with Gasteiger partial charge in [-0.2, -0.15) is 0 Å². The number of nitrogen functional groups attached to an aromatic ring is 1. The van der Waals surface area contributed by atoms with Crippen LogP contribution in [-0.2, 0) is 0 Å². The van der Waals surface area contributed by atoms with Crippen LogP contribution in [0.4, 0.5) is 11.4 Å². The van der Waals surface area contributed by atoms with Crippen molar-refractivity contribution in [1.29, 1.82) is 0 Å². The fourth-order valence-electron chi connectivity index (χ4n) is 2.51. The van der Waals surface area contributed by atoms with Gasteiger partial charge in [-0.05, 0) is 19.4 Å². The van der Waals surface area contributed by atoms with Crippen LogP contribution >= 0.6 is 0 Å². The lowest BCUT2D eigenvalue weighted by Crippen LogP contribution is -2.16. The first-order valence-electron chi connectivity index (χ1n) is 7.62. The van der Waals surface area contributed by atoms with E-state index in [1.165, 1.54) is 32.1 Å². The van der Waals surface area contributed by atoms with Gasteiger partial charge in [-0.15, -0.1) is 0 Å². The molecule has 3 N–H and O–H groups in total. The second-order valence-electron chi connectivity index (χ2n) is 5.50. The Labute approximate surface area is 121 Å². The number of unbranched alkanes of at least 4 members (excludes halogenated alkanes) is 3. The normalized spacial score (nSPS) is 12.5. The zero-order chi connectivity index (χ0) is 14.4.